The Morgan fingerprint density at radius 3 is 2.48 bits per heavy atom. The van der Waals surface area contributed by atoms with Crippen molar-refractivity contribution in [3.05, 3.63) is 73.2 Å². The van der Waals surface area contributed by atoms with Gasteiger partial charge in [0.2, 0.25) is 0 Å². The van der Waals surface area contributed by atoms with E-state index < -0.39 is 0 Å². The van der Waals surface area contributed by atoms with Gasteiger partial charge in [0.25, 0.3) is 11.6 Å². The minimum Gasteiger partial charge on any atom is -0.336 e. The zero-order valence-corrected chi connectivity index (χ0v) is 16.3. The van der Waals surface area contributed by atoms with E-state index in [1.54, 1.807) is 36.1 Å². The lowest BCUT2D eigenvalue weighted by Crippen LogP contribution is -2.48. The quantitative estimate of drug-likeness (QED) is 0.563. The van der Waals surface area contributed by atoms with Crippen LogP contribution in [-0.4, -0.2) is 46.8 Å². The van der Waals surface area contributed by atoms with Crippen molar-refractivity contribution in [2.45, 2.75) is 13.5 Å². The minimum atomic E-state index is -0.356. The van der Waals surface area contributed by atoms with Gasteiger partial charge in [-0.2, -0.15) is 0 Å². The Hall–Kier alpha value is -2.15. The maximum atomic E-state index is 12.7. The molecule has 0 atom stereocenters. The van der Waals surface area contributed by atoms with Crippen LogP contribution in [0.25, 0.3) is 0 Å². The van der Waals surface area contributed by atoms with E-state index in [1.807, 2.05) is 6.07 Å². The van der Waals surface area contributed by atoms with Crippen LogP contribution in [0.3, 0.4) is 0 Å². The zero-order valence-electron chi connectivity index (χ0n) is 14.8. The summed E-state index contributed by atoms with van der Waals surface area (Å²) in [6.07, 6.45) is 0. The molecule has 0 saturated carbocycles. The molecule has 3 rings (SSSR count). The molecule has 1 saturated heterocycles. The van der Waals surface area contributed by atoms with Crippen molar-refractivity contribution in [2.75, 3.05) is 26.2 Å². The largest absolute Gasteiger partial charge is 0.336 e. The first-order chi connectivity index (χ1) is 12.9. The SMILES string of the molecule is Cc1c(CN2CCN(C(=O)c3ccc(Cl)cc3Cl)CC2)cccc1[N+](=O)[O-]. The van der Waals surface area contributed by atoms with Gasteiger partial charge in [0.05, 0.1) is 15.5 Å². The van der Waals surface area contributed by atoms with Gasteiger partial charge in [-0.25, -0.2) is 0 Å². The van der Waals surface area contributed by atoms with Crippen LogP contribution in [0, 0.1) is 17.0 Å². The summed E-state index contributed by atoms with van der Waals surface area (Å²) in [7, 11) is 0. The molecular weight excluding hydrogens is 389 g/mol. The van der Waals surface area contributed by atoms with Gasteiger partial charge in [-0.1, -0.05) is 35.3 Å². The van der Waals surface area contributed by atoms with Crippen molar-refractivity contribution >= 4 is 34.8 Å². The van der Waals surface area contributed by atoms with Crippen LogP contribution in [0.2, 0.25) is 10.0 Å². The summed E-state index contributed by atoms with van der Waals surface area (Å²) in [5.41, 5.74) is 2.21. The predicted molar refractivity (Wildman–Crippen MR) is 105 cm³/mol. The van der Waals surface area contributed by atoms with Crippen molar-refractivity contribution in [3.8, 4) is 0 Å². The summed E-state index contributed by atoms with van der Waals surface area (Å²) in [6.45, 7) is 4.93. The van der Waals surface area contributed by atoms with E-state index in [0.717, 1.165) is 5.56 Å². The van der Waals surface area contributed by atoms with Crippen LogP contribution in [0.15, 0.2) is 36.4 Å². The highest BCUT2D eigenvalue weighted by molar-refractivity contribution is 6.36. The molecule has 0 radical (unpaired) electrons. The van der Waals surface area contributed by atoms with E-state index in [9.17, 15) is 14.9 Å². The number of piperazine rings is 1. The molecule has 27 heavy (non-hydrogen) atoms. The molecule has 0 bridgehead atoms. The van der Waals surface area contributed by atoms with Gasteiger partial charge >= 0.3 is 0 Å². The van der Waals surface area contributed by atoms with E-state index in [1.165, 1.54) is 6.07 Å². The van der Waals surface area contributed by atoms with E-state index in [2.05, 4.69) is 4.90 Å². The number of rotatable bonds is 4. The highest BCUT2D eigenvalue weighted by Crippen LogP contribution is 2.24. The summed E-state index contributed by atoms with van der Waals surface area (Å²) >= 11 is 12.0. The summed E-state index contributed by atoms with van der Waals surface area (Å²) in [5, 5.41) is 11.9. The average Bonchev–Trinajstić information content (AvgIpc) is 2.63. The van der Waals surface area contributed by atoms with Crippen molar-refractivity contribution < 1.29 is 9.72 Å². The molecule has 1 aliphatic rings. The third-order valence-corrected chi connectivity index (χ3v) is 5.38. The first-order valence-electron chi connectivity index (χ1n) is 8.56. The van der Waals surface area contributed by atoms with Gasteiger partial charge in [-0.15, -0.1) is 0 Å². The lowest BCUT2D eigenvalue weighted by atomic mass is 10.1. The van der Waals surface area contributed by atoms with E-state index in [-0.39, 0.29) is 16.5 Å². The Morgan fingerprint density at radius 1 is 1.15 bits per heavy atom. The normalized spacial score (nSPS) is 15.0. The maximum Gasteiger partial charge on any atom is 0.272 e. The second-order valence-electron chi connectivity index (χ2n) is 6.51. The molecule has 1 amide bonds. The Morgan fingerprint density at radius 2 is 1.85 bits per heavy atom. The number of nitro groups is 1. The Labute approximate surface area is 167 Å². The number of halogens is 2. The molecule has 0 aromatic heterocycles. The average molecular weight is 408 g/mol. The molecular formula is C19H19Cl2N3O3. The number of nitro benzene ring substituents is 1. The smallest absolute Gasteiger partial charge is 0.272 e. The van der Waals surface area contributed by atoms with Gasteiger partial charge in [0.1, 0.15) is 0 Å². The molecule has 0 N–H and O–H groups in total. The van der Waals surface area contributed by atoms with Crippen molar-refractivity contribution in [3.63, 3.8) is 0 Å². The second-order valence-corrected chi connectivity index (χ2v) is 7.35. The van der Waals surface area contributed by atoms with Gasteiger partial charge in [0, 0.05) is 49.4 Å². The van der Waals surface area contributed by atoms with Crippen molar-refractivity contribution in [1.29, 1.82) is 0 Å². The molecule has 142 valence electrons. The molecule has 1 fully saturated rings. The van der Waals surface area contributed by atoms with Crippen LogP contribution in [0.4, 0.5) is 5.69 Å². The summed E-state index contributed by atoms with van der Waals surface area (Å²) < 4.78 is 0. The van der Waals surface area contributed by atoms with Crippen LogP contribution >= 0.6 is 23.2 Å². The fraction of sp³-hybridized carbons (Fsp3) is 0.316. The van der Waals surface area contributed by atoms with Crippen LogP contribution in [0.1, 0.15) is 21.5 Å². The van der Waals surface area contributed by atoms with Gasteiger partial charge in [-0.05, 0) is 30.7 Å². The summed E-state index contributed by atoms with van der Waals surface area (Å²) in [6, 6.07) is 10.0. The number of hydrogen-bond acceptors (Lipinski definition) is 4. The molecule has 1 heterocycles. The molecule has 6 nitrogen and oxygen atoms in total. The fourth-order valence-corrected chi connectivity index (χ4v) is 3.71. The second kappa shape index (κ2) is 8.25. The highest BCUT2D eigenvalue weighted by Gasteiger charge is 2.24. The number of amides is 1. The number of carbonyl (C=O) groups is 1. The molecule has 2 aromatic rings. The van der Waals surface area contributed by atoms with E-state index >= 15 is 0 Å². The van der Waals surface area contributed by atoms with Crippen LogP contribution in [0.5, 0.6) is 0 Å². The number of carbonyl (C=O) groups excluding carboxylic acids is 1. The van der Waals surface area contributed by atoms with Gasteiger partial charge in [0.15, 0.2) is 0 Å². The minimum absolute atomic E-state index is 0.108. The standard InChI is InChI=1S/C19H19Cl2N3O3/c1-13-14(3-2-4-18(13)24(26)27)12-22-7-9-23(10-8-22)19(25)16-6-5-15(20)11-17(16)21/h2-6,11H,7-10,12H2,1H3. The van der Waals surface area contributed by atoms with Gasteiger partial charge in [-0.3, -0.25) is 19.8 Å². The Balaban J connectivity index is 1.63. The summed E-state index contributed by atoms with van der Waals surface area (Å²) in [4.78, 5) is 27.4. The molecule has 0 aliphatic carbocycles. The number of hydrogen-bond donors (Lipinski definition) is 0. The van der Waals surface area contributed by atoms with Gasteiger partial charge < -0.3 is 4.90 Å². The summed E-state index contributed by atoms with van der Waals surface area (Å²) in [5.74, 6) is -0.108. The maximum absolute atomic E-state index is 12.7. The number of nitrogens with zero attached hydrogens (tertiary/aromatic N) is 3. The van der Waals surface area contributed by atoms with Crippen LogP contribution < -0.4 is 0 Å². The first-order valence-corrected chi connectivity index (χ1v) is 9.32. The van der Waals surface area contributed by atoms with E-state index in [4.69, 9.17) is 23.2 Å². The third-order valence-electron chi connectivity index (χ3n) is 4.83. The molecule has 8 heteroatoms. The van der Waals surface area contributed by atoms with Crippen LogP contribution in [-0.2, 0) is 6.54 Å². The molecule has 2 aromatic carbocycles. The van der Waals surface area contributed by atoms with Crippen molar-refractivity contribution in [1.82, 2.24) is 9.80 Å². The lowest BCUT2D eigenvalue weighted by Gasteiger charge is -2.35. The van der Waals surface area contributed by atoms with Crippen molar-refractivity contribution in [2.24, 2.45) is 0 Å². The third kappa shape index (κ3) is 4.40. The topological polar surface area (TPSA) is 66.7 Å². The predicted octanol–water partition coefficient (Wildman–Crippen LogP) is 4.17. The monoisotopic (exact) mass is 407 g/mol. The lowest BCUT2D eigenvalue weighted by molar-refractivity contribution is -0.385. The Bertz CT molecular complexity index is 880. The number of benzene rings is 2. The highest BCUT2D eigenvalue weighted by atomic mass is 35.5. The molecule has 0 spiro atoms. The zero-order chi connectivity index (χ0) is 19.6. The molecule has 1 aliphatic heterocycles. The fourth-order valence-electron chi connectivity index (χ4n) is 3.22. The first kappa shape index (κ1) is 19.6. The Kier molecular flexibility index (Phi) is 5.99. The molecule has 0 unspecified atom stereocenters. The van der Waals surface area contributed by atoms with E-state index in [0.29, 0.717) is 53.9 Å².